The lowest BCUT2D eigenvalue weighted by molar-refractivity contribution is 0.321. The van der Waals surface area contributed by atoms with Crippen LogP contribution >= 0.6 is 24.0 Å². The van der Waals surface area contributed by atoms with Gasteiger partial charge in [0, 0.05) is 26.4 Å². The van der Waals surface area contributed by atoms with Crippen molar-refractivity contribution in [3.05, 3.63) is 59.7 Å². The quantitative estimate of drug-likeness (QED) is 0.208. The number of hydrogen-bond donors (Lipinski definition) is 2. The van der Waals surface area contributed by atoms with E-state index in [-0.39, 0.29) is 28.9 Å². The van der Waals surface area contributed by atoms with Gasteiger partial charge in [-0.1, -0.05) is 24.3 Å². The van der Waals surface area contributed by atoms with E-state index in [1.165, 1.54) is 43.3 Å². The van der Waals surface area contributed by atoms with Crippen molar-refractivity contribution in [3.63, 3.8) is 0 Å². The van der Waals surface area contributed by atoms with Crippen LogP contribution in [-0.2, 0) is 22.9 Å². The first kappa shape index (κ1) is 26.4. The summed E-state index contributed by atoms with van der Waals surface area (Å²) in [6.45, 7) is 5.15. The molecule has 1 heterocycles. The van der Waals surface area contributed by atoms with E-state index in [1.807, 2.05) is 0 Å². The molecule has 0 bridgehead atoms. The van der Waals surface area contributed by atoms with Gasteiger partial charge in [0.1, 0.15) is 12.4 Å². The molecule has 0 atom stereocenters. The van der Waals surface area contributed by atoms with Gasteiger partial charge in [0.15, 0.2) is 15.8 Å². The Labute approximate surface area is 208 Å². The summed E-state index contributed by atoms with van der Waals surface area (Å²) < 4.78 is 28.6. The molecule has 0 aromatic heterocycles. The molecule has 1 saturated heterocycles. The highest BCUT2D eigenvalue weighted by atomic mass is 127. The molecule has 0 unspecified atom stereocenters. The van der Waals surface area contributed by atoms with Gasteiger partial charge in [-0.3, -0.25) is 9.89 Å². The third-order valence-corrected chi connectivity index (χ3v) is 6.35. The van der Waals surface area contributed by atoms with Gasteiger partial charge >= 0.3 is 0 Å². The molecule has 3 rings (SSSR count). The number of benzene rings is 2. The fourth-order valence-corrected chi connectivity index (χ4v) is 4.12. The number of ether oxygens (including phenoxy) is 1. The Morgan fingerprint density at radius 2 is 1.62 bits per heavy atom. The van der Waals surface area contributed by atoms with Gasteiger partial charge in [0.25, 0.3) is 0 Å². The third-order valence-electron chi connectivity index (χ3n) is 5.23. The van der Waals surface area contributed by atoms with E-state index in [4.69, 9.17) is 4.74 Å². The van der Waals surface area contributed by atoms with Crippen molar-refractivity contribution in [2.24, 2.45) is 4.99 Å². The third kappa shape index (κ3) is 8.59. The van der Waals surface area contributed by atoms with E-state index < -0.39 is 9.84 Å². The van der Waals surface area contributed by atoms with Crippen molar-refractivity contribution in [1.82, 2.24) is 15.5 Å². The van der Waals surface area contributed by atoms with E-state index in [1.54, 1.807) is 31.3 Å². The molecule has 1 aliphatic rings. The van der Waals surface area contributed by atoms with Crippen LogP contribution in [0.5, 0.6) is 5.75 Å². The first-order valence-electron chi connectivity index (χ1n) is 10.6. The number of guanidine groups is 1. The van der Waals surface area contributed by atoms with Crippen molar-refractivity contribution in [2.75, 3.05) is 39.5 Å². The zero-order valence-electron chi connectivity index (χ0n) is 18.7. The summed E-state index contributed by atoms with van der Waals surface area (Å²) in [6.07, 6.45) is 3.82. The van der Waals surface area contributed by atoms with Crippen LogP contribution in [0.1, 0.15) is 24.0 Å². The highest BCUT2D eigenvalue weighted by Gasteiger charge is 2.11. The molecule has 2 N–H and O–H groups in total. The minimum atomic E-state index is -3.19. The predicted octanol–water partition coefficient (Wildman–Crippen LogP) is 3.05. The molecule has 0 saturated carbocycles. The fraction of sp³-hybridized carbons (Fsp3) is 0.435. The number of halogens is 1. The first-order chi connectivity index (χ1) is 14.9. The predicted molar refractivity (Wildman–Crippen MR) is 140 cm³/mol. The van der Waals surface area contributed by atoms with Crippen LogP contribution in [0.3, 0.4) is 0 Å². The number of likely N-dealkylation sites (tertiary alicyclic amines) is 1. The second kappa shape index (κ2) is 13.0. The number of nitrogens with zero attached hydrogens (tertiary/aromatic N) is 2. The Morgan fingerprint density at radius 1 is 1.00 bits per heavy atom. The molecule has 7 nitrogen and oxygen atoms in total. The molecule has 0 aliphatic carbocycles. The zero-order valence-corrected chi connectivity index (χ0v) is 21.9. The lowest BCUT2D eigenvalue weighted by atomic mass is 10.1. The number of aliphatic imine (C=N–C) groups is 1. The number of sulfone groups is 1. The number of nitrogens with one attached hydrogen (secondary N) is 2. The Bertz CT molecular complexity index is 958. The maximum Gasteiger partial charge on any atom is 0.191 e. The van der Waals surface area contributed by atoms with Crippen LogP contribution < -0.4 is 15.4 Å². The van der Waals surface area contributed by atoms with Crippen molar-refractivity contribution >= 4 is 39.8 Å². The monoisotopic (exact) mass is 572 g/mol. The topological polar surface area (TPSA) is 83.0 Å². The van der Waals surface area contributed by atoms with Gasteiger partial charge in [0.05, 0.1) is 11.4 Å². The summed E-state index contributed by atoms with van der Waals surface area (Å²) in [5.41, 5.74) is 2.56. The summed E-state index contributed by atoms with van der Waals surface area (Å²) in [4.78, 5) is 7.02. The minimum absolute atomic E-state index is 0. The Morgan fingerprint density at radius 3 is 2.22 bits per heavy atom. The molecule has 2 aromatic carbocycles. The molecular weight excluding hydrogens is 539 g/mol. The minimum Gasteiger partial charge on any atom is -0.492 e. The zero-order chi connectivity index (χ0) is 22.1. The van der Waals surface area contributed by atoms with E-state index in [9.17, 15) is 8.42 Å². The molecule has 32 heavy (non-hydrogen) atoms. The standard InChI is InChI=1S/C23H32N4O3S.HI/c1-24-23(25-13-16-30-21-9-11-22(12-10-21)31(2,28)29)26-17-19-5-7-20(8-6-19)18-27-14-3-4-15-27;/h5-12H,3-4,13-18H2,1-2H3,(H2,24,25,26);1H. The highest BCUT2D eigenvalue weighted by molar-refractivity contribution is 14.0. The Hall–Kier alpha value is -1.85. The normalized spacial score (nSPS) is 14.6. The van der Waals surface area contributed by atoms with Gasteiger partial charge < -0.3 is 15.4 Å². The van der Waals surface area contributed by atoms with Gasteiger partial charge in [-0.15, -0.1) is 24.0 Å². The maximum absolute atomic E-state index is 11.5. The molecule has 0 amide bonds. The number of hydrogen-bond acceptors (Lipinski definition) is 5. The van der Waals surface area contributed by atoms with Gasteiger partial charge in [-0.05, 0) is 61.3 Å². The van der Waals surface area contributed by atoms with Crippen LogP contribution in [0, 0.1) is 0 Å². The highest BCUT2D eigenvalue weighted by Crippen LogP contribution is 2.16. The molecule has 0 radical (unpaired) electrons. The van der Waals surface area contributed by atoms with Crippen molar-refractivity contribution in [2.45, 2.75) is 30.8 Å². The molecule has 1 aliphatic heterocycles. The SMILES string of the molecule is CN=C(NCCOc1ccc(S(C)(=O)=O)cc1)NCc1ccc(CN2CCCC2)cc1.I. The maximum atomic E-state index is 11.5. The van der Waals surface area contributed by atoms with Crippen molar-refractivity contribution in [1.29, 1.82) is 0 Å². The van der Waals surface area contributed by atoms with Crippen LogP contribution in [0.4, 0.5) is 0 Å². The molecule has 2 aromatic rings. The fourth-order valence-electron chi connectivity index (χ4n) is 3.49. The summed E-state index contributed by atoms with van der Waals surface area (Å²) in [6, 6.07) is 15.2. The first-order valence-corrected chi connectivity index (χ1v) is 12.5. The van der Waals surface area contributed by atoms with Gasteiger partial charge in [0.2, 0.25) is 0 Å². The van der Waals surface area contributed by atoms with E-state index in [2.05, 4.69) is 44.8 Å². The Kier molecular flexibility index (Phi) is 10.7. The van der Waals surface area contributed by atoms with Crippen molar-refractivity contribution in [3.8, 4) is 5.75 Å². The van der Waals surface area contributed by atoms with Crippen molar-refractivity contribution < 1.29 is 13.2 Å². The molecular formula is C23H33IN4O3S. The summed E-state index contributed by atoms with van der Waals surface area (Å²) in [7, 11) is -1.46. The van der Waals surface area contributed by atoms with Crippen LogP contribution in [0.15, 0.2) is 58.4 Å². The molecule has 176 valence electrons. The smallest absolute Gasteiger partial charge is 0.191 e. The largest absolute Gasteiger partial charge is 0.492 e. The summed E-state index contributed by atoms with van der Waals surface area (Å²) in [5.74, 6) is 1.34. The van der Waals surface area contributed by atoms with E-state index >= 15 is 0 Å². The summed E-state index contributed by atoms with van der Waals surface area (Å²) in [5, 5.41) is 6.52. The van der Waals surface area contributed by atoms with Crippen LogP contribution in [0.25, 0.3) is 0 Å². The lowest BCUT2D eigenvalue weighted by Gasteiger charge is -2.15. The van der Waals surface area contributed by atoms with E-state index in [0.717, 1.165) is 6.54 Å². The lowest BCUT2D eigenvalue weighted by Crippen LogP contribution is -2.38. The van der Waals surface area contributed by atoms with Gasteiger partial charge in [-0.25, -0.2) is 8.42 Å². The second-order valence-corrected chi connectivity index (χ2v) is 9.76. The van der Waals surface area contributed by atoms with Crippen LogP contribution in [-0.4, -0.2) is 58.8 Å². The Balaban J connectivity index is 0.00000363. The summed E-state index contributed by atoms with van der Waals surface area (Å²) >= 11 is 0. The number of rotatable bonds is 9. The molecule has 9 heteroatoms. The molecule has 1 fully saturated rings. The average molecular weight is 573 g/mol. The second-order valence-electron chi connectivity index (χ2n) is 7.74. The van der Waals surface area contributed by atoms with Gasteiger partial charge in [-0.2, -0.15) is 0 Å². The van der Waals surface area contributed by atoms with E-state index in [0.29, 0.717) is 31.4 Å². The average Bonchev–Trinajstić information content (AvgIpc) is 3.27. The van der Waals surface area contributed by atoms with Crippen LogP contribution in [0.2, 0.25) is 0 Å². The molecule has 0 spiro atoms.